The van der Waals surface area contributed by atoms with Crippen LogP contribution in [0.15, 0.2) is 0 Å². The lowest BCUT2D eigenvalue weighted by molar-refractivity contribution is -0.154. The van der Waals surface area contributed by atoms with Gasteiger partial charge in [0, 0.05) is 0 Å². The van der Waals surface area contributed by atoms with Gasteiger partial charge in [0.1, 0.15) is 6.10 Å². The molecule has 5 atom stereocenters. The van der Waals surface area contributed by atoms with Gasteiger partial charge in [0.05, 0.1) is 28.6 Å². The number of fused-ring (bicyclic) bond motifs is 2. The number of rotatable bonds is 2. The lowest BCUT2D eigenvalue weighted by atomic mass is 9.79. The van der Waals surface area contributed by atoms with Crippen LogP contribution in [0.4, 0.5) is 0 Å². The van der Waals surface area contributed by atoms with Crippen LogP contribution in [0.1, 0.15) is 13.3 Å². The summed E-state index contributed by atoms with van der Waals surface area (Å²) in [7, 11) is 0. The molecule has 0 amide bonds. The van der Waals surface area contributed by atoms with Crippen LogP contribution < -0.4 is 0 Å². The molecule has 0 radical (unpaired) electrons. The molecule has 0 aromatic heterocycles. The van der Waals surface area contributed by atoms with E-state index in [4.69, 9.17) is 21.1 Å². The molecular weight excluding hydrogens is 299 g/mol. The summed E-state index contributed by atoms with van der Waals surface area (Å²) in [6.07, 6.45) is 0.326. The highest BCUT2D eigenvalue weighted by atomic mass is 79.9. The Bertz CT molecular complexity index is 322. The predicted octanol–water partition coefficient (Wildman–Crippen LogP) is 1.48. The highest BCUT2D eigenvalue weighted by Crippen LogP contribution is 2.44. The van der Waals surface area contributed by atoms with Crippen molar-refractivity contribution in [2.24, 2.45) is 11.8 Å². The van der Waals surface area contributed by atoms with Crippen molar-refractivity contribution in [2.75, 3.05) is 6.61 Å². The summed E-state index contributed by atoms with van der Waals surface area (Å²) in [6.45, 7) is 2.02. The van der Waals surface area contributed by atoms with E-state index in [9.17, 15) is 9.59 Å². The fraction of sp³-hybridized carbons (Fsp3) is 0.800. The average molecular weight is 312 g/mol. The maximum atomic E-state index is 11.8. The zero-order chi connectivity index (χ0) is 11.9. The van der Waals surface area contributed by atoms with Gasteiger partial charge in [-0.15, -0.1) is 11.6 Å². The van der Waals surface area contributed by atoms with E-state index in [-0.39, 0.29) is 23.5 Å². The van der Waals surface area contributed by atoms with Gasteiger partial charge in [-0.2, -0.15) is 0 Å². The highest BCUT2D eigenvalue weighted by molar-refractivity contribution is 9.09. The molecule has 2 rings (SSSR count). The summed E-state index contributed by atoms with van der Waals surface area (Å²) < 4.78 is 10.1. The number of halogens is 2. The average Bonchev–Trinajstić information content (AvgIpc) is 2.56. The van der Waals surface area contributed by atoms with Gasteiger partial charge in [0.15, 0.2) is 0 Å². The first kappa shape index (κ1) is 12.2. The molecule has 1 heterocycles. The highest BCUT2D eigenvalue weighted by Gasteiger charge is 2.56. The molecule has 6 heteroatoms. The van der Waals surface area contributed by atoms with Crippen LogP contribution in [-0.4, -0.2) is 34.9 Å². The molecule has 5 unspecified atom stereocenters. The van der Waals surface area contributed by atoms with E-state index in [0.29, 0.717) is 6.42 Å². The topological polar surface area (TPSA) is 52.6 Å². The van der Waals surface area contributed by atoms with Gasteiger partial charge >= 0.3 is 11.9 Å². The molecule has 16 heavy (non-hydrogen) atoms. The molecule has 0 aromatic carbocycles. The molecule has 0 spiro atoms. The molecule has 0 aromatic rings. The van der Waals surface area contributed by atoms with E-state index in [1.807, 2.05) is 0 Å². The predicted molar refractivity (Wildman–Crippen MR) is 60.5 cm³/mol. The Morgan fingerprint density at radius 1 is 1.69 bits per heavy atom. The van der Waals surface area contributed by atoms with E-state index in [1.54, 1.807) is 6.92 Å². The van der Waals surface area contributed by atoms with Gasteiger partial charge in [0.25, 0.3) is 0 Å². The van der Waals surface area contributed by atoms with E-state index >= 15 is 0 Å². The second kappa shape index (κ2) is 4.53. The van der Waals surface area contributed by atoms with Crippen LogP contribution in [0.5, 0.6) is 0 Å². The largest absolute Gasteiger partial charge is 0.466 e. The molecule has 1 aliphatic carbocycles. The molecule has 4 nitrogen and oxygen atoms in total. The summed E-state index contributed by atoms with van der Waals surface area (Å²) in [5.74, 6) is -1.79. The van der Waals surface area contributed by atoms with Crippen LogP contribution in [0.2, 0.25) is 0 Å². The van der Waals surface area contributed by atoms with Crippen LogP contribution in [-0.2, 0) is 19.1 Å². The first-order valence-corrected chi connectivity index (χ1v) is 6.56. The van der Waals surface area contributed by atoms with Crippen LogP contribution in [0.3, 0.4) is 0 Å². The minimum Gasteiger partial charge on any atom is -0.466 e. The van der Waals surface area contributed by atoms with Crippen LogP contribution in [0, 0.1) is 11.8 Å². The lowest BCUT2D eigenvalue weighted by Crippen LogP contribution is -2.45. The molecule has 0 N–H and O–H groups in total. The lowest BCUT2D eigenvalue weighted by Gasteiger charge is -2.31. The van der Waals surface area contributed by atoms with E-state index in [2.05, 4.69) is 15.9 Å². The molecule has 1 aliphatic heterocycles. The van der Waals surface area contributed by atoms with Crippen molar-refractivity contribution in [2.45, 2.75) is 29.7 Å². The third-order valence-corrected chi connectivity index (χ3v) is 5.06. The Hall–Kier alpha value is -0.290. The van der Waals surface area contributed by atoms with Crippen molar-refractivity contribution in [3.05, 3.63) is 0 Å². The maximum absolute atomic E-state index is 11.8. The second-order valence-corrected chi connectivity index (χ2v) is 5.55. The van der Waals surface area contributed by atoms with E-state index in [0.717, 1.165) is 0 Å². The van der Waals surface area contributed by atoms with Gasteiger partial charge in [0.2, 0.25) is 0 Å². The number of hydrogen-bond donors (Lipinski definition) is 0. The monoisotopic (exact) mass is 310 g/mol. The van der Waals surface area contributed by atoms with Gasteiger partial charge in [-0.1, -0.05) is 15.9 Å². The zero-order valence-electron chi connectivity index (χ0n) is 8.69. The molecular formula is C10H12BrClO4. The van der Waals surface area contributed by atoms with Crippen LogP contribution >= 0.6 is 27.5 Å². The Morgan fingerprint density at radius 2 is 2.38 bits per heavy atom. The number of alkyl halides is 2. The van der Waals surface area contributed by atoms with Crippen molar-refractivity contribution in [3.63, 3.8) is 0 Å². The minimum atomic E-state index is -0.600. The number of carbonyl (C=O) groups excluding carboxylic acids is 2. The number of esters is 2. The first-order chi connectivity index (χ1) is 7.56. The first-order valence-electron chi connectivity index (χ1n) is 5.21. The summed E-state index contributed by atoms with van der Waals surface area (Å²) >= 11 is 9.56. The zero-order valence-corrected chi connectivity index (χ0v) is 11.0. The smallest absolute Gasteiger partial charge is 0.311 e. The summed E-state index contributed by atoms with van der Waals surface area (Å²) in [4.78, 5) is 23.1. The summed E-state index contributed by atoms with van der Waals surface area (Å²) in [6, 6.07) is 0. The third-order valence-electron chi connectivity index (χ3n) is 3.05. The molecule has 90 valence electrons. The quantitative estimate of drug-likeness (QED) is 0.572. The van der Waals surface area contributed by atoms with Crippen molar-refractivity contribution >= 4 is 39.5 Å². The Balaban J connectivity index is 2.21. The van der Waals surface area contributed by atoms with Crippen molar-refractivity contribution in [1.29, 1.82) is 0 Å². The van der Waals surface area contributed by atoms with Crippen molar-refractivity contribution in [1.82, 2.24) is 0 Å². The minimum absolute atomic E-state index is 0.189. The number of hydrogen-bond acceptors (Lipinski definition) is 4. The molecule has 2 bridgehead atoms. The fourth-order valence-electron chi connectivity index (χ4n) is 2.28. The molecule has 2 aliphatic rings. The van der Waals surface area contributed by atoms with Crippen molar-refractivity contribution in [3.8, 4) is 0 Å². The molecule has 1 saturated carbocycles. The Kier molecular flexibility index (Phi) is 3.45. The third kappa shape index (κ3) is 1.84. The van der Waals surface area contributed by atoms with Crippen molar-refractivity contribution < 1.29 is 19.1 Å². The molecule has 2 fully saturated rings. The van der Waals surface area contributed by atoms with E-state index in [1.165, 1.54) is 0 Å². The SMILES string of the molecule is CCOC(=O)C1C2CC(OC2=O)C(Br)C1Cl. The van der Waals surface area contributed by atoms with Gasteiger partial charge in [-0.3, -0.25) is 9.59 Å². The number of carbonyl (C=O) groups is 2. The summed E-state index contributed by atoms with van der Waals surface area (Å²) in [5.41, 5.74) is 0. The molecule has 1 saturated heterocycles. The summed E-state index contributed by atoms with van der Waals surface area (Å²) in [5, 5.41) is -0.464. The standard InChI is InChI=1S/C10H12BrClO4/c1-2-15-10(14)6-4-3-5(16-9(4)13)7(11)8(6)12/h4-8H,2-3H2,1H3. The Labute approximate surface area is 107 Å². The maximum Gasteiger partial charge on any atom is 0.311 e. The second-order valence-electron chi connectivity index (χ2n) is 3.98. The normalized spacial score (nSPS) is 41.7. The van der Waals surface area contributed by atoms with Crippen LogP contribution in [0.25, 0.3) is 0 Å². The Morgan fingerprint density at radius 3 is 3.00 bits per heavy atom. The van der Waals surface area contributed by atoms with Gasteiger partial charge in [-0.05, 0) is 13.3 Å². The van der Waals surface area contributed by atoms with Gasteiger partial charge in [-0.25, -0.2) is 0 Å². The fourth-order valence-corrected chi connectivity index (χ4v) is 3.37. The van der Waals surface area contributed by atoms with E-state index < -0.39 is 23.2 Å². The van der Waals surface area contributed by atoms with Gasteiger partial charge < -0.3 is 9.47 Å². The number of ether oxygens (including phenoxy) is 2.